The monoisotopic (exact) mass is 334 g/mol. The zero-order valence-corrected chi connectivity index (χ0v) is 12.6. The van der Waals surface area contributed by atoms with Crippen molar-refractivity contribution in [2.45, 2.75) is 23.9 Å². The number of aliphatic hydroxyl groups excluding tert-OH is 1. The highest BCUT2D eigenvalue weighted by atomic mass is 32.2. The van der Waals surface area contributed by atoms with Crippen molar-refractivity contribution < 1.29 is 23.1 Å². The number of aliphatic hydroxyl groups is 1. The Labute approximate surface area is 130 Å². The Balaban J connectivity index is 1.90. The van der Waals surface area contributed by atoms with Gasteiger partial charge in [-0.05, 0) is 25.0 Å². The van der Waals surface area contributed by atoms with Crippen LogP contribution < -0.4 is 10.6 Å². The smallest absolute Gasteiger partial charge is 0.396 e. The van der Waals surface area contributed by atoms with Crippen LogP contribution in [0.5, 0.6) is 0 Å². The molecule has 1 saturated carbocycles. The number of benzene rings is 1. The SMILES string of the molecule is O=C(NCC1(CO)CC1)Nc1ccccc1SCC(F)(F)F. The van der Waals surface area contributed by atoms with Crippen LogP contribution in [0.15, 0.2) is 29.2 Å². The molecule has 0 bridgehead atoms. The van der Waals surface area contributed by atoms with Gasteiger partial charge in [0.05, 0.1) is 18.0 Å². The van der Waals surface area contributed by atoms with E-state index in [1.807, 2.05) is 0 Å². The van der Waals surface area contributed by atoms with Crippen LogP contribution in [0, 0.1) is 5.41 Å². The zero-order chi connectivity index (χ0) is 16.2. The third-order valence-corrected chi connectivity index (χ3v) is 4.58. The van der Waals surface area contributed by atoms with Crippen LogP contribution in [0.1, 0.15) is 12.8 Å². The summed E-state index contributed by atoms with van der Waals surface area (Å²) < 4.78 is 36.9. The number of urea groups is 1. The lowest BCUT2D eigenvalue weighted by atomic mass is 10.1. The molecule has 0 atom stereocenters. The molecule has 0 saturated heterocycles. The Bertz CT molecular complexity index is 533. The molecule has 0 spiro atoms. The molecular weight excluding hydrogens is 317 g/mol. The van der Waals surface area contributed by atoms with E-state index in [0.29, 0.717) is 28.9 Å². The van der Waals surface area contributed by atoms with E-state index >= 15 is 0 Å². The fourth-order valence-electron chi connectivity index (χ4n) is 1.86. The fraction of sp³-hybridized carbons (Fsp3) is 0.500. The van der Waals surface area contributed by atoms with E-state index < -0.39 is 18.0 Å². The number of anilines is 1. The van der Waals surface area contributed by atoms with Crippen LogP contribution >= 0.6 is 11.8 Å². The molecule has 1 aliphatic rings. The Kier molecular flexibility index (Phi) is 5.23. The molecule has 1 aliphatic carbocycles. The third kappa shape index (κ3) is 5.10. The Morgan fingerprint density at radius 3 is 2.59 bits per heavy atom. The number of amides is 2. The number of alkyl halides is 3. The minimum Gasteiger partial charge on any atom is -0.396 e. The number of halogens is 3. The summed E-state index contributed by atoms with van der Waals surface area (Å²) in [6, 6.07) is 5.86. The van der Waals surface area contributed by atoms with Gasteiger partial charge < -0.3 is 15.7 Å². The first-order valence-corrected chi connectivity index (χ1v) is 7.76. The summed E-state index contributed by atoms with van der Waals surface area (Å²) >= 11 is 0.629. The maximum atomic E-state index is 12.3. The molecule has 4 nitrogen and oxygen atoms in total. The normalized spacial score (nSPS) is 16.2. The van der Waals surface area contributed by atoms with Gasteiger partial charge in [0.1, 0.15) is 0 Å². The molecule has 0 aliphatic heterocycles. The number of hydrogen-bond acceptors (Lipinski definition) is 3. The van der Waals surface area contributed by atoms with Crippen molar-refractivity contribution in [3.63, 3.8) is 0 Å². The predicted molar refractivity (Wildman–Crippen MR) is 79.0 cm³/mol. The van der Waals surface area contributed by atoms with E-state index in [-0.39, 0.29) is 12.0 Å². The molecule has 8 heteroatoms. The van der Waals surface area contributed by atoms with Crippen LogP contribution in [0.25, 0.3) is 0 Å². The van der Waals surface area contributed by atoms with Gasteiger partial charge in [0, 0.05) is 16.9 Å². The summed E-state index contributed by atoms with van der Waals surface area (Å²) in [7, 11) is 0. The summed E-state index contributed by atoms with van der Waals surface area (Å²) in [6.45, 7) is 0.374. The van der Waals surface area contributed by atoms with Crippen LogP contribution in [-0.4, -0.2) is 36.2 Å². The molecule has 3 N–H and O–H groups in total. The number of hydrogen-bond donors (Lipinski definition) is 3. The number of carbonyl (C=O) groups excluding carboxylic acids is 1. The summed E-state index contributed by atoms with van der Waals surface area (Å²) in [6.07, 6.45) is -2.54. The minimum atomic E-state index is -4.26. The summed E-state index contributed by atoms with van der Waals surface area (Å²) in [5.74, 6) is -1.01. The highest BCUT2D eigenvalue weighted by Crippen LogP contribution is 2.44. The quantitative estimate of drug-likeness (QED) is 0.700. The third-order valence-electron chi connectivity index (χ3n) is 3.44. The lowest BCUT2D eigenvalue weighted by Gasteiger charge is -2.15. The summed E-state index contributed by atoms with van der Waals surface area (Å²) in [5.41, 5.74) is 0.116. The lowest BCUT2D eigenvalue weighted by molar-refractivity contribution is -0.105. The molecule has 22 heavy (non-hydrogen) atoms. The van der Waals surface area contributed by atoms with Gasteiger partial charge in [0.2, 0.25) is 0 Å². The van der Waals surface area contributed by atoms with Crippen LogP contribution in [0.4, 0.5) is 23.7 Å². The molecule has 2 rings (SSSR count). The van der Waals surface area contributed by atoms with Crippen molar-refractivity contribution in [1.82, 2.24) is 5.32 Å². The molecule has 0 aromatic heterocycles. The molecule has 1 aromatic carbocycles. The average Bonchev–Trinajstić information content (AvgIpc) is 3.24. The van der Waals surface area contributed by atoms with E-state index in [4.69, 9.17) is 5.11 Å². The number of carbonyl (C=O) groups is 1. The topological polar surface area (TPSA) is 61.4 Å². The minimum absolute atomic E-state index is 0.0191. The maximum Gasteiger partial charge on any atom is 0.398 e. The molecule has 2 amide bonds. The first-order valence-electron chi connectivity index (χ1n) is 6.78. The van der Waals surface area contributed by atoms with Crippen molar-refractivity contribution in [2.75, 3.05) is 24.2 Å². The first kappa shape index (κ1) is 17.0. The van der Waals surface area contributed by atoms with E-state index in [1.165, 1.54) is 6.07 Å². The van der Waals surface area contributed by atoms with E-state index in [9.17, 15) is 18.0 Å². The first-order chi connectivity index (χ1) is 10.3. The van der Waals surface area contributed by atoms with Crippen molar-refractivity contribution >= 4 is 23.5 Å². The van der Waals surface area contributed by atoms with Gasteiger partial charge in [-0.1, -0.05) is 12.1 Å². The van der Waals surface area contributed by atoms with Crippen molar-refractivity contribution in [2.24, 2.45) is 5.41 Å². The Morgan fingerprint density at radius 2 is 2.00 bits per heavy atom. The summed E-state index contributed by atoms with van der Waals surface area (Å²) in [4.78, 5) is 12.2. The van der Waals surface area contributed by atoms with E-state index in [1.54, 1.807) is 18.2 Å². The van der Waals surface area contributed by atoms with Crippen molar-refractivity contribution in [3.8, 4) is 0 Å². The standard InChI is InChI=1S/C14H17F3N2O2S/c15-14(16,17)9-22-11-4-2-1-3-10(11)19-12(21)18-7-13(8-20)5-6-13/h1-4,20H,5-9H2,(H2,18,19,21). The zero-order valence-electron chi connectivity index (χ0n) is 11.7. The predicted octanol–water partition coefficient (Wildman–Crippen LogP) is 3.24. The van der Waals surface area contributed by atoms with Gasteiger partial charge >= 0.3 is 12.2 Å². The van der Waals surface area contributed by atoms with Gasteiger partial charge in [0.15, 0.2) is 0 Å². The lowest BCUT2D eigenvalue weighted by Crippen LogP contribution is -2.35. The van der Waals surface area contributed by atoms with Crippen molar-refractivity contribution in [1.29, 1.82) is 0 Å². The van der Waals surface area contributed by atoms with Crippen LogP contribution in [0.3, 0.4) is 0 Å². The fourth-order valence-corrected chi connectivity index (χ4v) is 2.63. The Morgan fingerprint density at radius 1 is 1.32 bits per heavy atom. The second-order valence-electron chi connectivity index (χ2n) is 5.37. The van der Waals surface area contributed by atoms with E-state index in [0.717, 1.165) is 12.8 Å². The Hall–Kier alpha value is -1.41. The van der Waals surface area contributed by atoms with Crippen molar-refractivity contribution in [3.05, 3.63) is 24.3 Å². The van der Waals surface area contributed by atoms with E-state index in [2.05, 4.69) is 10.6 Å². The average molecular weight is 334 g/mol. The number of thioether (sulfide) groups is 1. The number of nitrogens with one attached hydrogen (secondary N) is 2. The van der Waals surface area contributed by atoms with Gasteiger partial charge in [0.25, 0.3) is 0 Å². The van der Waals surface area contributed by atoms with Gasteiger partial charge in [-0.2, -0.15) is 13.2 Å². The van der Waals surface area contributed by atoms with Gasteiger partial charge in [-0.25, -0.2) is 4.79 Å². The maximum absolute atomic E-state index is 12.3. The molecule has 122 valence electrons. The number of rotatable bonds is 6. The second kappa shape index (κ2) is 6.78. The highest BCUT2D eigenvalue weighted by molar-refractivity contribution is 7.99. The largest absolute Gasteiger partial charge is 0.398 e. The van der Waals surface area contributed by atoms with Gasteiger partial charge in [-0.3, -0.25) is 0 Å². The molecule has 1 aromatic rings. The molecule has 1 fully saturated rings. The highest BCUT2D eigenvalue weighted by Gasteiger charge is 2.42. The second-order valence-corrected chi connectivity index (χ2v) is 6.38. The molecule has 0 unspecified atom stereocenters. The molecular formula is C14H17F3N2O2S. The van der Waals surface area contributed by atoms with Crippen LogP contribution in [-0.2, 0) is 0 Å². The number of para-hydroxylation sites is 1. The van der Waals surface area contributed by atoms with Gasteiger partial charge in [-0.15, -0.1) is 11.8 Å². The molecule has 0 radical (unpaired) electrons. The summed E-state index contributed by atoms with van der Waals surface area (Å²) in [5, 5.41) is 14.4. The molecule has 0 heterocycles. The van der Waals surface area contributed by atoms with Crippen LogP contribution in [0.2, 0.25) is 0 Å².